The minimum atomic E-state index is -0.136. The molecule has 0 radical (unpaired) electrons. The van der Waals surface area contributed by atoms with E-state index in [-0.39, 0.29) is 18.0 Å². The Morgan fingerprint density at radius 2 is 1.71 bits per heavy atom. The lowest BCUT2D eigenvalue weighted by Gasteiger charge is -2.24. The average molecular weight is 513 g/mol. The summed E-state index contributed by atoms with van der Waals surface area (Å²) in [5, 5.41) is 2.82. The van der Waals surface area contributed by atoms with Gasteiger partial charge in [-0.3, -0.25) is 14.7 Å². The number of anilines is 1. The fourth-order valence-electron chi connectivity index (χ4n) is 5.24. The standard InChI is InChI=1S/C31H36N4O3/c36-30(26-9-6-10-27(20-26)35-19-18-33-31(35)37)34(23-25-8-7-17-32-21-25)22-24-13-15-29(16-14-24)38-28-11-4-2-1-3-5-12-28/h6-10,13-17,20-21,28H,1-5,11-12,18-19,22-23H2,(H,33,37). The Morgan fingerprint density at radius 3 is 2.42 bits per heavy atom. The van der Waals surface area contributed by atoms with Gasteiger partial charge in [-0.15, -0.1) is 0 Å². The first-order valence-electron chi connectivity index (χ1n) is 13.7. The Hall–Kier alpha value is -3.87. The third kappa shape index (κ3) is 6.71. The van der Waals surface area contributed by atoms with Gasteiger partial charge in [-0.2, -0.15) is 0 Å². The summed E-state index contributed by atoms with van der Waals surface area (Å²) in [4.78, 5) is 33.6. The third-order valence-corrected chi connectivity index (χ3v) is 7.30. The number of nitrogens with zero attached hydrogens (tertiary/aromatic N) is 3. The SMILES string of the molecule is O=C(c1cccc(N2CCNC2=O)c1)N(Cc1ccc(OC2CCCCCCC2)cc1)Cc1cccnc1. The Morgan fingerprint density at radius 1 is 0.947 bits per heavy atom. The van der Waals surface area contributed by atoms with Crippen LogP contribution in [0.4, 0.5) is 10.5 Å². The highest BCUT2D eigenvalue weighted by Crippen LogP contribution is 2.24. The zero-order valence-corrected chi connectivity index (χ0v) is 21.9. The van der Waals surface area contributed by atoms with Crippen LogP contribution in [0, 0.1) is 0 Å². The van der Waals surface area contributed by atoms with Crippen LogP contribution in [0.25, 0.3) is 0 Å². The van der Waals surface area contributed by atoms with Crippen molar-refractivity contribution in [3.05, 3.63) is 89.7 Å². The minimum Gasteiger partial charge on any atom is -0.490 e. The highest BCUT2D eigenvalue weighted by Gasteiger charge is 2.23. The molecule has 0 unspecified atom stereocenters. The molecule has 7 nitrogen and oxygen atoms in total. The number of aromatic nitrogens is 1. The second-order valence-corrected chi connectivity index (χ2v) is 10.2. The highest BCUT2D eigenvalue weighted by molar-refractivity contribution is 5.98. The van der Waals surface area contributed by atoms with Gasteiger partial charge in [0.25, 0.3) is 5.91 Å². The topological polar surface area (TPSA) is 74.8 Å². The molecule has 7 heteroatoms. The smallest absolute Gasteiger partial charge is 0.321 e. The number of carbonyl (C=O) groups is 2. The fourth-order valence-corrected chi connectivity index (χ4v) is 5.24. The predicted molar refractivity (Wildman–Crippen MR) is 148 cm³/mol. The summed E-state index contributed by atoms with van der Waals surface area (Å²) >= 11 is 0. The normalized spacial score (nSPS) is 16.4. The molecule has 0 bridgehead atoms. The molecule has 0 spiro atoms. The number of amides is 3. The van der Waals surface area contributed by atoms with E-state index in [0.717, 1.165) is 35.4 Å². The summed E-state index contributed by atoms with van der Waals surface area (Å²) in [6.45, 7) is 2.07. The van der Waals surface area contributed by atoms with Crippen molar-refractivity contribution in [3.8, 4) is 5.75 Å². The number of carbonyl (C=O) groups excluding carboxylic acids is 2. The van der Waals surface area contributed by atoms with Crippen LogP contribution in [-0.4, -0.2) is 41.0 Å². The monoisotopic (exact) mass is 512 g/mol. The van der Waals surface area contributed by atoms with Gasteiger partial charge < -0.3 is 15.0 Å². The first kappa shape index (κ1) is 25.8. The van der Waals surface area contributed by atoms with Gasteiger partial charge in [0.2, 0.25) is 0 Å². The van der Waals surface area contributed by atoms with Gasteiger partial charge in [-0.1, -0.05) is 43.5 Å². The lowest BCUT2D eigenvalue weighted by atomic mass is 9.98. The van der Waals surface area contributed by atoms with E-state index in [1.165, 1.54) is 32.1 Å². The first-order valence-corrected chi connectivity index (χ1v) is 13.7. The number of rotatable bonds is 8. The lowest BCUT2D eigenvalue weighted by molar-refractivity contribution is 0.0730. The zero-order chi connectivity index (χ0) is 26.2. The quantitative estimate of drug-likeness (QED) is 0.405. The summed E-state index contributed by atoms with van der Waals surface area (Å²) in [7, 11) is 0. The summed E-state index contributed by atoms with van der Waals surface area (Å²) in [6, 6.07) is 19.2. The van der Waals surface area contributed by atoms with Crippen LogP contribution in [0.3, 0.4) is 0 Å². The molecule has 0 atom stereocenters. The van der Waals surface area contributed by atoms with Gasteiger partial charge in [-0.25, -0.2) is 4.79 Å². The number of nitrogens with one attached hydrogen (secondary N) is 1. The van der Waals surface area contributed by atoms with Crippen LogP contribution < -0.4 is 15.0 Å². The Labute approximate surface area is 224 Å². The van der Waals surface area contributed by atoms with Crippen LogP contribution in [0.15, 0.2) is 73.1 Å². The van der Waals surface area contributed by atoms with E-state index in [4.69, 9.17) is 4.74 Å². The number of hydrogen-bond donors (Lipinski definition) is 1. The maximum Gasteiger partial charge on any atom is 0.321 e. The second-order valence-electron chi connectivity index (χ2n) is 10.2. The van der Waals surface area contributed by atoms with E-state index in [1.54, 1.807) is 23.4 Å². The highest BCUT2D eigenvalue weighted by atomic mass is 16.5. The van der Waals surface area contributed by atoms with Gasteiger partial charge in [0.05, 0.1) is 6.10 Å². The molecule has 1 N–H and O–H groups in total. The Balaban J connectivity index is 1.31. The molecule has 2 heterocycles. The average Bonchev–Trinajstić information content (AvgIpc) is 3.37. The van der Waals surface area contributed by atoms with Crippen LogP contribution >= 0.6 is 0 Å². The van der Waals surface area contributed by atoms with Gasteiger partial charge >= 0.3 is 6.03 Å². The molecule has 1 aliphatic heterocycles. The molecule has 2 aliphatic rings. The molecule has 38 heavy (non-hydrogen) atoms. The van der Waals surface area contributed by atoms with Crippen molar-refractivity contribution in [1.82, 2.24) is 15.2 Å². The zero-order valence-electron chi connectivity index (χ0n) is 21.9. The van der Waals surface area contributed by atoms with E-state index in [1.807, 2.05) is 59.5 Å². The first-order chi connectivity index (χ1) is 18.7. The maximum atomic E-state index is 13.8. The van der Waals surface area contributed by atoms with Crippen molar-refractivity contribution in [2.24, 2.45) is 0 Å². The number of hydrogen-bond acceptors (Lipinski definition) is 4. The molecule has 1 saturated heterocycles. The van der Waals surface area contributed by atoms with Crippen molar-refractivity contribution in [3.63, 3.8) is 0 Å². The number of ether oxygens (including phenoxy) is 1. The minimum absolute atomic E-state index is 0.0924. The van der Waals surface area contributed by atoms with E-state index < -0.39 is 0 Å². The van der Waals surface area contributed by atoms with Crippen LogP contribution in [0.2, 0.25) is 0 Å². The summed E-state index contributed by atoms with van der Waals surface area (Å²) < 4.78 is 6.31. The van der Waals surface area contributed by atoms with Gasteiger partial charge in [0, 0.05) is 49.8 Å². The van der Waals surface area contributed by atoms with E-state index in [9.17, 15) is 9.59 Å². The van der Waals surface area contributed by atoms with Gasteiger partial charge in [0.1, 0.15) is 5.75 Å². The second kappa shape index (κ2) is 12.6. The summed E-state index contributed by atoms with van der Waals surface area (Å²) in [5.41, 5.74) is 3.26. The number of urea groups is 1. The molecule has 3 aromatic rings. The molecule has 2 aromatic carbocycles. The number of pyridine rings is 1. The van der Waals surface area contributed by atoms with E-state index in [2.05, 4.69) is 10.3 Å². The van der Waals surface area contributed by atoms with Gasteiger partial charge in [0.15, 0.2) is 0 Å². The van der Waals surface area contributed by atoms with E-state index >= 15 is 0 Å². The predicted octanol–water partition coefficient (Wildman–Crippen LogP) is 5.95. The molecule has 198 valence electrons. The van der Waals surface area contributed by atoms with Crippen molar-refractivity contribution in [1.29, 1.82) is 0 Å². The number of benzene rings is 2. The molecule has 1 aliphatic carbocycles. The van der Waals surface area contributed by atoms with Crippen molar-refractivity contribution >= 4 is 17.6 Å². The summed E-state index contributed by atoms with van der Waals surface area (Å²) in [5.74, 6) is 0.797. The molecular formula is C31H36N4O3. The molecule has 3 amide bonds. The molecule has 2 fully saturated rings. The van der Waals surface area contributed by atoms with Gasteiger partial charge in [-0.05, 0) is 73.2 Å². The van der Waals surface area contributed by atoms with Crippen molar-refractivity contribution in [2.75, 3.05) is 18.0 Å². The van der Waals surface area contributed by atoms with Crippen molar-refractivity contribution in [2.45, 2.75) is 64.1 Å². The molecule has 1 saturated carbocycles. The van der Waals surface area contributed by atoms with Crippen LogP contribution in [0.5, 0.6) is 5.75 Å². The Bertz CT molecular complexity index is 1210. The lowest BCUT2D eigenvalue weighted by Crippen LogP contribution is -2.31. The van der Waals surface area contributed by atoms with E-state index in [0.29, 0.717) is 31.7 Å². The van der Waals surface area contributed by atoms with Crippen molar-refractivity contribution < 1.29 is 14.3 Å². The van der Waals surface area contributed by atoms with Crippen LogP contribution in [0.1, 0.15) is 66.4 Å². The van der Waals surface area contributed by atoms with Crippen LogP contribution in [-0.2, 0) is 13.1 Å². The molecule has 5 rings (SSSR count). The third-order valence-electron chi connectivity index (χ3n) is 7.30. The Kier molecular flexibility index (Phi) is 8.53. The summed E-state index contributed by atoms with van der Waals surface area (Å²) in [6.07, 6.45) is 12.5. The molecular weight excluding hydrogens is 476 g/mol. The largest absolute Gasteiger partial charge is 0.490 e. The molecule has 1 aromatic heterocycles. The fraction of sp³-hybridized carbons (Fsp3) is 0.387. The maximum absolute atomic E-state index is 13.8.